The Bertz CT molecular complexity index is 718. The number of rotatable bonds is 4. The van der Waals surface area contributed by atoms with Gasteiger partial charge in [0.2, 0.25) is 0 Å². The Kier molecular flexibility index (Phi) is 4.36. The maximum absolute atomic E-state index is 11.6. The first-order chi connectivity index (χ1) is 9.93. The molecule has 1 amide bonds. The fourth-order valence-electron chi connectivity index (χ4n) is 1.96. The van der Waals surface area contributed by atoms with Crippen molar-refractivity contribution in [2.75, 3.05) is 17.7 Å². The van der Waals surface area contributed by atoms with Crippen LogP contribution >= 0.6 is 22.9 Å². The number of nitrogen functional groups attached to an aromatic ring is 1. The standard InChI is InChI=1S/C14H13ClN4OS/c1-19(7-8-2-4-9(15)5-3-8)14-11(13(18)20)12(17)10(6-16)21-14/h2-5H,7,17H2,1H3,(H2,18,20). The Morgan fingerprint density at radius 2 is 2.05 bits per heavy atom. The van der Waals surface area contributed by atoms with Gasteiger partial charge in [-0.3, -0.25) is 4.79 Å². The molecule has 0 aliphatic rings. The predicted octanol–water partition coefficient (Wildman–Crippen LogP) is 2.59. The van der Waals surface area contributed by atoms with Crippen LogP contribution in [-0.2, 0) is 6.54 Å². The third kappa shape index (κ3) is 3.10. The van der Waals surface area contributed by atoms with Crippen molar-refractivity contribution in [2.24, 2.45) is 5.73 Å². The van der Waals surface area contributed by atoms with Crippen molar-refractivity contribution >= 4 is 39.5 Å². The van der Waals surface area contributed by atoms with Crippen LogP contribution in [0.3, 0.4) is 0 Å². The molecule has 0 bridgehead atoms. The normalized spacial score (nSPS) is 10.1. The monoisotopic (exact) mass is 320 g/mol. The van der Waals surface area contributed by atoms with Crippen LogP contribution in [-0.4, -0.2) is 13.0 Å². The van der Waals surface area contributed by atoms with E-state index in [4.69, 9.17) is 28.3 Å². The summed E-state index contributed by atoms with van der Waals surface area (Å²) in [5, 5.41) is 10.3. The lowest BCUT2D eigenvalue weighted by Gasteiger charge is -2.18. The van der Waals surface area contributed by atoms with E-state index in [1.807, 2.05) is 30.1 Å². The molecule has 2 rings (SSSR count). The average Bonchev–Trinajstić information content (AvgIpc) is 2.78. The third-order valence-electron chi connectivity index (χ3n) is 2.95. The summed E-state index contributed by atoms with van der Waals surface area (Å²) in [6.45, 7) is 0.544. The lowest BCUT2D eigenvalue weighted by atomic mass is 10.2. The first kappa shape index (κ1) is 15.2. The molecule has 0 atom stereocenters. The molecule has 21 heavy (non-hydrogen) atoms. The van der Waals surface area contributed by atoms with Gasteiger partial charge in [-0.25, -0.2) is 0 Å². The molecule has 7 heteroatoms. The van der Waals surface area contributed by atoms with E-state index in [0.717, 1.165) is 16.9 Å². The van der Waals surface area contributed by atoms with Crippen molar-refractivity contribution in [1.29, 1.82) is 5.26 Å². The molecule has 0 fully saturated rings. The van der Waals surface area contributed by atoms with Crippen molar-refractivity contribution in [3.05, 3.63) is 45.3 Å². The molecule has 0 aliphatic carbocycles. The van der Waals surface area contributed by atoms with E-state index >= 15 is 0 Å². The van der Waals surface area contributed by atoms with E-state index in [2.05, 4.69) is 0 Å². The van der Waals surface area contributed by atoms with E-state index in [1.165, 1.54) is 0 Å². The number of carbonyl (C=O) groups excluding carboxylic acids is 1. The number of hydrogen-bond donors (Lipinski definition) is 2. The molecular weight excluding hydrogens is 308 g/mol. The van der Waals surface area contributed by atoms with Gasteiger partial charge in [0.1, 0.15) is 15.9 Å². The molecule has 5 nitrogen and oxygen atoms in total. The lowest BCUT2D eigenvalue weighted by Crippen LogP contribution is -2.21. The summed E-state index contributed by atoms with van der Waals surface area (Å²) in [4.78, 5) is 13.7. The Labute approximate surface area is 131 Å². The number of nitriles is 1. The Balaban J connectivity index is 2.35. The Hall–Kier alpha value is -2.23. The summed E-state index contributed by atoms with van der Waals surface area (Å²) in [5.41, 5.74) is 12.5. The molecule has 4 N–H and O–H groups in total. The summed E-state index contributed by atoms with van der Waals surface area (Å²) in [7, 11) is 1.81. The zero-order chi connectivity index (χ0) is 15.6. The van der Waals surface area contributed by atoms with Gasteiger partial charge in [0.25, 0.3) is 5.91 Å². The molecule has 1 aromatic heterocycles. The molecule has 0 spiro atoms. The van der Waals surface area contributed by atoms with Gasteiger partial charge >= 0.3 is 0 Å². The number of primary amides is 1. The quantitative estimate of drug-likeness (QED) is 0.905. The Morgan fingerprint density at radius 3 is 2.57 bits per heavy atom. The first-order valence-electron chi connectivity index (χ1n) is 6.01. The number of thiophene rings is 1. The van der Waals surface area contributed by atoms with Crippen LogP contribution in [0, 0.1) is 11.3 Å². The fraction of sp³-hybridized carbons (Fsp3) is 0.143. The minimum absolute atomic E-state index is 0.146. The minimum atomic E-state index is -0.636. The number of nitrogens with zero attached hydrogens (tertiary/aromatic N) is 2. The van der Waals surface area contributed by atoms with Crippen molar-refractivity contribution in [3.63, 3.8) is 0 Å². The van der Waals surface area contributed by atoms with Crippen molar-refractivity contribution < 1.29 is 4.79 Å². The number of nitrogens with two attached hydrogens (primary N) is 2. The highest BCUT2D eigenvalue weighted by atomic mass is 35.5. The van der Waals surface area contributed by atoms with E-state index in [1.54, 1.807) is 12.1 Å². The first-order valence-corrected chi connectivity index (χ1v) is 7.21. The van der Waals surface area contributed by atoms with Crippen LogP contribution in [0.5, 0.6) is 0 Å². The number of benzene rings is 1. The highest BCUT2D eigenvalue weighted by Crippen LogP contribution is 2.37. The number of carbonyl (C=O) groups is 1. The van der Waals surface area contributed by atoms with Gasteiger partial charge in [-0.05, 0) is 17.7 Å². The van der Waals surface area contributed by atoms with Crippen molar-refractivity contribution in [1.82, 2.24) is 0 Å². The summed E-state index contributed by atoms with van der Waals surface area (Å²) in [6.07, 6.45) is 0. The molecule has 1 heterocycles. The zero-order valence-electron chi connectivity index (χ0n) is 11.3. The van der Waals surface area contributed by atoms with Gasteiger partial charge in [-0.2, -0.15) is 5.26 Å². The van der Waals surface area contributed by atoms with Crippen LogP contribution < -0.4 is 16.4 Å². The van der Waals surface area contributed by atoms with Gasteiger partial charge < -0.3 is 16.4 Å². The highest BCUT2D eigenvalue weighted by molar-refractivity contribution is 7.17. The second-order valence-electron chi connectivity index (χ2n) is 4.48. The van der Waals surface area contributed by atoms with E-state index in [-0.39, 0.29) is 11.3 Å². The smallest absolute Gasteiger partial charge is 0.253 e. The SMILES string of the molecule is CN(Cc1ccc(Cl)cc1)c1sc(C#N)c(N)c1C(N)=O. The number of halogens is 1. The Morgan fingerprint density at radius 1 is 1.43 bits per heavy atom. The van der Waals surface area contributed by atoms with Gasteiger partial charge in [0, 0.05) is 18.6 Å². The van der Waals surface area contributed by atoms with Crippen LogP contribution in [0.25, 0.3) is 0 Å². The molecular formula is C14H13ClN4OS. The molecule has 0 radical (unpaired) electrons. The topological polar surface area (TPSA) is 96.1 Å². The molecule has 2 aromatic rings. The summed E-state index contributed by atoms with van der Waals surface area (Å²) in [5.74, 6) is -0.636. The summed E-state index contributed by atoms with van der Waals surface area (Å²) >= 11 is 7.01. The van der Waals surface area contributed by atoms with Crippen LogP contribution in [0.4, 0.5) is 10.7 Å². The molecule has 0 saturated heterocycles. The van der Waals surface area contributed by atoms with E-state index < -0.39 is 5.91 Å². The number of anilines is 2. The molecule has 108 valence electrons. The second-order valence-corrected chi connectivity index (χ2v) is 5.92. The zero-order valence-corrected chi connectivity index (χ0v) is 12.8. The van der Waals surface area contributed by atoms with Crippen LogP contribution in [0.2, 0.25) is 5.02 Å². The molecule has 0 saturated carbocycles. The maximum Gasteiger partial charge on any atom is 0.253 e. The van der Waals surface area contributed by atoms with Gasteiger partial charge in [0.05, 0.1) is 11.3 Å². The van der Waals surface area contributed by atoms with Gasteiger partial charge in [-0.15, -0.1) is 11.3 Å². The fourth-order valence-corrected chi connectivity index (χ4v) is 3.07. The molecule has 1 aromatic carbocycles. The molecule has 0 unspecified atom stereocenters. The number of hydrogen-bond acceptors (Lipinski definition) is 5. The van der Waals surface area contributed by atoms with Crippen molar-refractivity contribution in [3.8, 4) is 6.07 Å². The van der Waals surface area contributed by atoms with Gasteiger partial charge in [-0.1, -0.05) is 23.7 Å². The largest absolute Gasteiger partial charge is 0.396 e. The van der Waals surface area contributed by atoms with Crippen molar-refractivity contribution in [2.45, 2.75) is 6.54 Å². The van der Waals surface area contributed by atoms with E-state index in [0.29, 0.717) is 21.4 Å². The minimum Gasteiger partial charge on any atom is -0.396 e. The van der Waals surface area contributed by atoms with Gasteiger partial charge in [0.15, 0.2) is 0 Å². The number of amides is 1. The van der Waals surface area contributed by atoms with Crippen LogP contribution in [0.1, 0.15) is 20.8 Å². The summed E-state index contributed by atoms with van der Waals surface area (Å²) in [6, 6.07) is 9.36. The second kappa shape index (κ2) is 6.04. The highest BCUT2D eigenvalue weighted by Gasteiger charge is 2.22. The molecule has 0 aliphatic heterocycles. The third-order valence-corrected chi connectivity index (χ3v) is 4.43. The van der Waals surface area contributed by atoms with Crippen LogP contribution in [0.15, 0.2) is 24.3 Å². The van der Waals surface area contributed by atoms with E-state index in [9.17, 15) is 4.79 Å². The maximum atomic E-state index is 11.6. The summed E-state index contributed by atoms with van der Waals surface area (Å²) < 4.78 is 0. The predicted molar refractivity (Wildman–Crippen MR) is 85.5 cm³/mol. The lowest BCUT2D eigenvalue weighted by molar-refractivity contribution is 0.100. The average molecular weight is 321 g/mol.